The molecule has 1 N–H and O–H groups in total. The van der Waals surface area contributed by atoms with E-state index < -0.39 is 0 Å². The number of rotatable bonds is 5. The molecule has 3 heteroatoms. The lowest BCUT2D eigenvalue weighted by Gasteiger charge is -2.32. The quantitative estimate of drug-likeness (QED) is 0.187. The fraction of sp³-hybridized carbons (Fsp3) is 0.0492. The Hall–Kier alpha value is -8.14. The van der Waals surface area contributed by atoms with Crippen LogP contribution in [-0.2, 0) is 0 Å². The van der Waals surface area contributed by atoms with Crippen molar-refractivity contribution in [2.24, 2.45) is 0 Å². The zero-order valence-corrected chi connectivity index (χ0v) is 35.2. The van der Waals surface area contributed by atoms with Gasteiger partial charge in [0.25, 0.3) is 0 Å². The molecule has 9 aromatic carbocycles. The third-order valence-electron chi connectivity index (χ3n) is 13.6. The molecule has 3 heterocycles. The predicted octanol–water partition coefficient (Wildman–Crippen LogP) is 16.2. The Kier molecular flexibility index (Phi) is 8.42. The monoisotopic (exact) mass is 817 g/mol. The van der Waals surface area contributed by atoms with E-state index in [1.54, 1.807) is 0 Å². The van der Waals surface area contributed by atoms with Crippen LogP contribution in [0.2, 0.25) is 0 Å². The normalized spacial score (nSPS) is 14.9. The average molecular weight is 818 g/mol. The highest BCUT2D eigenvalue weighted by Crippen LogP contribution is 2.53. The predicted molar refractivity (Wildman–Crippen MR) is 268 cm³/mol. The van der Waals surface area contributed by atoms with Gasteiger partial charge in [-0.25, -0.2) is 0 Å². The molecule has 1 atom stereocenters. The first-order valence-electron chi connectivity index (χ1n) is 22.4. The first-order valence-corrected chi connectivity index (χ1v) is 22.4. The van der Waals surface area contributed by atoms with Crippen LogP contribution in [0.4, 0.5) is 17.1 Å². The van der Waals surface area contributed by atoms with Crippen LogP contribution >= 0.6 is 0 Å². The largest absolute Gasteiger partial charge is 0.374 e. The lowest BCUT2D eigenvalue weighted by molar-refractivity contribution is 0.918. The summed E-state index contributed by atoms with van der Waals surface area (Å²) < 4.78 is 2.52. The number of hydrogen-bond donors (Lipinski definition) is 1. The Labute approximate surface area is 373 Å². The summed E-state index contributed by atoms with van der Waals surface area (Å²) in [6.45, 7) is 0. The molecule has 0 saturated heterocycles. The molecule has 0 bridgehead atoms. The first-order chi connectivity index (χ1) is 31.8. The molecule has 0 radical (unpaired) electrons. The van der Waals surface area contributed by atoms with Gasteiger partial charge in [0.1, 0.15) is 0 Å². The molecular formula is C61H43N3. The fourth-order valence-corrected chi connectivity index (χ4v) is 10.8. The number of benzene rings is 9. The fourth-order valence-electron chi connectivity index (χ4n) is 10.8. The second-order valence-corrected chi connectivity index (χ2v) is 17.2. The van der Waals surface area contributed by atoms with Crippen LogP contribution in [-0.4, -0.2) is 4.57 Å². The number of para-hydroxylation sites is 3. The number of aromatic nitrogens is 1. The van der Waals surface area contributed by atoms with Crippen molar-refractivity contribution in [1.29, 1.82) is 0 Å². The van der Waals surface area contributed by atoms with Gasteiger partial charge in [-0.1, -0.05) is 176 Å². The SMILES string of the molecule is C1=CC2=C(CC1)N(c1ccc(C3Nc4ccccc4-c4cc(-c5ccccc5)ccc43)cc1)c1ccccc1-c1c2c2ccccc2n1-c1cccc(-c2cccc3ccccc23)c1. The second kappa shape index (κ2) is 14.8. The standard InChI is InChI=1S/C61H43N3/c1-2-16-40(17-3-1)43-34-37-50-54(39-43)49-23-6-10-28-55(49)62-60(50)42-32-35-45(36-33-42)63-56-29-11-7-24-51(56)59-52-25-8-12-30-57(52)64(61(59)53-26-9-13-31-58(53)63)46-21-14-20-44(38-46)48-27-15-19-41-18-4-5-22-47(41)48/h1-10,12-28,30-39,60,62H,11,29H2. The number of nitrogens with zero attached hydrogens (tertiary/aromatic N) is 2. The van der Waals surface area contributed by atoms with E-state index >= 15 is 0 Å². The Morgan fingerprint density at radius 1 is 0.484 bits per heavy atom. The molecule has 10 aromatic rings. The Morgan fingerprint density at radius 3 is 2.11 bits per heavy atom. The third-order valence-corrected chi connectivity index (χ3v) is 13.6. The van der Waals surface area contributed by atoms with Crippen molar-refractivity contribution in [3.05, 3.63) is 247 Å². The van der Waals surface area contributed by atoms with Crippen molar-refractivity contribution in [1.82, 2.24) is 4.57 Å². The minimum absolute atomic E-state index is 0.00718. The van der Waals surface area contributed by atoms with Crippen LogP contribution in [0.3, 0.4) is 0 Å². The lowest BCUT2D eigenvalue weighted by atomic mass is 9.84. The molecule has 1 unspecified atom stereocenters. The van der Waals surface area contributed by atoms with Crippen LogP contribution in [0.25, 0.3) is 77.6 Å². The highest BCUT2D eigenvalue weighted by atomic mass is 15.2. The minimum Gasteiger partial charge on any atom is -0.374 e. The van der Waals surface area contributed by atoms with Gasteiger partial charge in [-0.05, 0) is 111 Å². The highest BCUT2D eigenvalue weighted by molar-refractivity contribution is 6.09. The van der Waals surface area contributed by atoms with Crippen LogP contribution in [0.15, 0.2) is 230 Å². The third kappa shape index (κ3) is 5.74. The molecule has 3 nitrogen and oxygen atoms in total. The van der Waals surface area contributed by atoms with Gasteiger partial charge in [-0.15, -0.1) is 0 Å². The molecule has 0 amide bonds. The second-order valence-electron chi connectivity index (χ2n) is 17.2. The highest BCUT2D eigenvalue weighted by Gasteiger charge is 2.33. The maximum atomic E-state index is 3.93. The van der Waals surface area contributed by atoms with Crippen molar-refractivity contribution in [3.8, 4) is 50.3 Å². The maximum absolute atomic E-state index is 3.93. The van der Waals surface area contributed by atoms with Gasteiger partial charge in [-0.2, -0.15) is 0 Å². The molecule has 1 aromatic heterocycles. The van der Waals surface area contributed by atoms with E-state index in [4.69, 9.17) is 0 Å². The topological polar surface area (TPSA) is 20.2 Å². The lowest BCUT2D eigenvalue weighted by Crippen LogP contribution is -2.20. The smallest absolute Gasteiger partial charge is 0.0773 e. The molecule has 0 spiro atoms. The summed E-state index contributed by atoms with van der Waals surface area (Å²) in [7, 11) is 0. The number of hydrogen-bond acceptors (Lipinski definition) is 2. The first kappa shape index (κ1) is 36.5. The van der Waals surface area contributed by atoms with E-state index in [9.17, 15) is 0 Å². The van der Waals surface area contributed by atoms with E-state index in [1.165, 1.54) is 100.0 Å². The molecule has 2 aliphatic heterocycles. The van der Waals surface area contributed by atoms with Crippen LogP contribution in [0.1, 0.15) is 35.6 Å². The summed E-state index contributed by atoms with van der Waals surface area (Å²) in [6.07, 6.45) is 6.68. The minimum atomic E-state index is 0.00718. The van der Waals surface area contributed by atoms with Crippen molar-refractivity contribution < 1.29 is 0 Å². The van der Waals surface area contributed by atoms with E-state index in [1.807, 2.05) is 0 Å². The van der Waals surface area contributed by atoms with Crippen molar-refractivity contribution in [2.45, 2.75) is 18.9 Å². The summed E-state index contributed by atoms with van der Waals surface area (Å²) in [5.74, 6) is 0. The zero-order valence-electron chi connectivity index (χ0n) is 35.2. The summed E-state index contributed by atoms with van der Waals surface area (Å²) in [5.41, 5.74) is 22.2. The van der Waals surface area contributed by atoms with E-state index in [-0.39, 0.29) is 6.04 Å². The molecule has 3 aliphatic rings. The van der Waals surface area contributed by atoms with Gasteiger partial charge >= 0.3 is 0 Å². The molecule has 64 heavy (non-hydrogen) atoms. The molecule has 0 saturated carbocycles. The van der Waals surface area contributed by atoms with Crippen LogP contribution < -0.4 is 10.2 Å². The summed E-state index contributed by atoms with van der Waals surface area (Å²) in [5, 5.41) is 7.71. The molecular weight excluding hydrogens is 775 g/mol. The van der Waals surface area contributed by atoms with E-state index in [0.29, 0.717) is 0 Å². The molecule has 1 aliphatic carbocycles. The maximum Gasteiger partial charge on any atom is 0.0773 e. The van der Waals surface area contributed by atoms with Gasteiger partial charge in [0, 0.05) is 50.4 Å². The Balaban J connectivity index is 0.958. The number of anilines is 3. The molecule has 302 valence electrons. The Bertz CT molecular complexity index is 3530. The van der Waals surface area contributed by atoms with Gasteiger partial charge in [0.2, 0.25) is 0 Å². The van der Waals surface area contributed by atoms with Crippen molar-refractivity contribution in [3.63, 3.8) is 0 Å². The van der Waals surface area contributed by atoms with Crippen molar-refractivity contribution >= 4 is 44.3 Å². The molecule has 13 rings (SSSR count). The van der Waals surface area contributed by atoms with Gasteiger partial charge < -0.3 is 14.8 Å². The molecule has 0 fully saturated rings. The van der Waals surface area contributed by atoms with Crippen LogP contribution in [0.5, 0.6) is 0 Å². The summed E-state index contributed by atoms with van der Waals surface area (Å²) in [4.78, 5) is 2.55. The average Bonchev–Trinajstić information content (AvgIpc) is 3.65. The van der Waals surface area contributed by atoms with Gasteiger partial charge in [0.15, 0.2) is 0 Å². The van der Waals surface area contributed by atoms with Crippen molar-refractivity contribution in [2.75, 3.05) is 10.2 Å². The summed E-state index contributed by atoms with van der Waals surface area (Å²) in [6, 6.07) is 78.2. The number of nitrogens with one attached hydrogen (secondary N) is 1. The van der Waals surface area contributed by atoms with Gasteiger partial charge in [0.05, 0.1) is 22.9 Å². The Morgan fingerprint density at radius 2 is 1.20 bits per heavy atom. The van der Waals surface area contributed by atoms with E-state index in [2.05, 4.69) is 239 Å². The zero-order chi connectivity index (χ0) is 42.1. The van der Waals surface area contributed by atoms with E-state index in [0.717, 1.165) is 29.9 Å². The van der Waals surface area contributed by atoms with Gasteiger partial charge in [-0.3, -0.25) is 0 Å². The summed E-state index contributed by atoms with van der Waals surface area (Å²) >= 11 is 0. The number of allylic oxidation sites excluding steroid dienone is 4. The number of fused-ring (bicyclic) bond motifs is 10. The van der Waals surface area contributed by atoms with Crippen LogP contribution in [0, 0.1) is 0 Å².